The zero-order valence-electron chi connectivity index (χ0n) is 21.4. The number of benzene rings is 1. The van der Waals surface area contributed by atoms with Crippen LogP contribution in [0.4, 0.5) is 5.69 Å². The van der Waals surface area contributed by atoms with Crippen molar-refractivity contribution in [2.75, 3.05) is 24.6 Å². The third-order valence-electron chi connectivity index (χ3n) is 7.87. The van der Waals surface area contributed by atoms with Crippen LogP contribution in [-0.4, -0.2) is 80.4 Å². The van der Waals surface area contributed by atoms with Gasteiger partial charge in [-0.25, -0.2) is 0 Å². The molecule has 0 radical (unpaired) electrons. The van der Waals surface area contributed by atoms with Gasteiger partial charge in [0.25, 0.3) is 0 Å². The molecule has 0 aliphatic carbocycles. The van der Waals surface area contributed by atoms with E-state index >= 15 is 0 Å². The normalized spacial score (nSPS) is 29.2. The zero-order chi connectivity index (χ0) is 26.2. The molecule has 1 aromatic rings. The number of fused-ring (bicyclic) bond motifs is 1. The summed E-state index contributed by atoms with van der Waals surface area (Å²) in [6, 6.07) is 8.11. The Balaban J connectivity index is 1.77. The van der Waals surface area contributed by atoms with Crippen molar-refractivity contribution in [2.24, 2.45) is 11.8 Å². The molecule has 1 N–H and O–H groups in total. The lowest BCUT2D eigenvalue weighted by Crippen LogP contribution is -2.58. The summed E-state index contributed by atoms with van der Waals surface area (Å²) in [6.07, 6.45) is 4.86. The molecule has 8 heteroatoms. The van der Waals surface area contributed by atoms with E-state index in [9.17, 15) is 19.5 Å². The molecular formula is C28H37N3O4S. The molecule has 0 aromatic heterocycles. The van der Waals surface area contributed by atoms with Crippen LogP contribution in [-0.2, 0) is 14.4 Å². The number of rotatable bonds is 10. The Kier molecular flexibility index (Phi) is 7.67. The largest absolute Gasteiger partial charge is 0.394 e. The molecule has 6 atom stereocenters. The Labute approximate surface area is 218 Å². The Bertz CT molecular complexity index is 1030. The number of amides is 3. The molecule has 3 aliphatic heterocycles. The van der Waals surface area contributed by atoms with Crippen molar-refractivity contribution in [1.82, 2.24) is 9.80 Å². The smallest absolute Gasteiger partial charge is 0.247 e. The fourth-order valence-corrected chi connectivity index (χ4v) is 8.50. The van der Waals surface area contributed by atoms with Crippen LogP contribution >= 0.6 is 11.8 Å². The lowest BCUT2D eigenvalue weighted by atomic mass is 9.70. The summed E-state index contributed by atoms with van der Waals surface area (Å²) >= 11 is 1.64. The van der Waals surface area contributed by atoms with Gasteiger partial charge in [0.1, 0.15) is 6.04 Å². The summed E-state index contributed by atoms with van der Waals surface area (Å²) in [5.41, 5.74) is 0.764. The van der Waals surface area contributed by atoms with Crippen molar-refractivity contribution in [2.45, 2.75) is 61.7 Å². The highest BCUT2D eigenvalue weighted by atomic mass is 32.2. The maximum Gasteiger partial charge on any atom is 0.247 e. The topological polar surface area (TPSA) is 81.2 Å². The zero-order valence-corrected chi connectivity index (χ0v) is 22.2. The van der Waals surface area contributed by atoms with Crippen LogP contribution in [0.3, 0.4) is 0 Å². The second-order valence-corrected chi connectivity index (χ2v) is 11.9. The Hall–Kier alpha value is -2.58. The minimum Gasteiger partial charge on any atom is -0.394 e. The van der Waals surface area contributed by atoms with Crippen molar-refractivity contribution < 1.29 is 19.5 Å². The second-order valence-electron chi connectivity index (χ2n) is 10.3. The Morgan fingerprint density at radius 3 is 2.42 bits per heavy atom. The fraction of sp³-hybridized carbons (Fsp3) is 0.536. The van der Waals surface area contributed by atoms with Crippen LogP contribution in [0.5, 0.6) is 0 Å². The second kappa shape index (κ2) is 10.4. The van der Waals surface area contributed by atoms with E-state index in [2.05, 4.69) is 13.2 Å². The van der Waals surface area contributed by atoms with Crippen molar-refractivity contribution in [3.05, 3.63) is 55.6 Å². The van der Waals surface area contributed by atoms with Gasteiger partial charge < -0.3 is 19.8 Å². The molecule has 1 spiro atoms. The lowest BCUT2D eigenvalue weighted by Gasteiger charge is -2.40. The van der Waals surface area contributed by atoms with Gasteiger partial charge in [-0.3, -0.25) is 14.4 Å². The van der Waals surface area contributed by atoms with Gasteiger partial charge in [0.05, 0.1) is 29.2 Å². The predicted octanol–water partition coefficient (Wildman–Crippen LogP) is 3.10. The van der Waals surface area contributed by atoms with E-state index in [4.69, 9.17) is 0 Å². The van der Waals surface area contributed by atoms with Crippen LogP contribution < -0.4 is 4.90 Å². The Morgan fingerprint density at radius 2 is 1.83 bits per heavy atom. The van der Waals surface area contributed by atoms with Crippen LogP contribution in [0.2, 0.25) is 0 Å². The monoisotopic (exact) mass is 511 g/mol. The number of carbonyl (C=O) groups is 3. The van der Waals surface area contributed by atoms with Crippen LogP contribution in [0.25, 0.3) is 0 Å². The number of likely N-dealkylation sites (tertiary alicyclic amines) is 1. The number of carbonyl (C=O) groups excluding carboxylic acids is 3. The van der Waals surface area contributed by atoms with Crippen molar-refractivity contribution in [1.29, 1.82) is 0 Å². The molecule has 3 saturated heterocycles. The van der Waals surface area contributed by atoms with Gasteiger partial charge in [0, 0.05) is 30.1 Å². The van der Waals surface area contributed by atoms with Crippen molar-refractivity contribution >= 4 is 35.2 Å². The SMILES string of the molecule is C=CCN(C(=O)[C@@H]1[C@@H]2CCC3(S2)C(C(=O)N(CC=C)C(C)C)N([C@H](C)CO)C(=O)[C@H]13)c1ccccc1. The summed E-state index contributed by atoms with van der Waals surface area (Å²) in [5.74, 6) is -1.57. The molecule has 36 heavy (non-hydrogen) atoms. The molecule has 3 aliphatic rings. The van der Waals surface area contributed by atoms with E-state index in [-0.39, 0.29) is 35.6 Å². The van der Waals surface area contributed by atoms with Gasteiger partial charge in [0.15, 0.2) is 0 Å². The fourth-order valence-electron chi connectivity index (χ4n) is 6.31. The summed E-state index contributed by atoms with van der Waals surface area (Å²) in [4.78, 5) is 47.3. The minimum absolute atomic E-state index is 0.0312. The highest BCUT2D eigenvalue weighted by Crippen LogP contribution is 2.67. The standard InChI is InChI=1S/C28H37N3O4S/c1-6-15-29(18(3)4)27(35)24-28-14-13-21(36-28)22(23(28)26(34)31(24)19(5)17-32)25(33)30(16-7-2)20-11-9-8-10-12-20/h6-12,18-19,21-24,32H,1-2,13-17H2,3-5H3/t19-,21+,22-,23+,24?,28?/m1/s1. The van der Waals surface area contributed by atoms with Gasteiger partial charge in [-0.15, -0.1) is 24.9 Å². The van der Waals surface area contributed by atoms with E-state index in [1.54, 1.807) is 45.5 Å². The average molecular weight is 512 g/mol. The first-order valence-corrected chi connectivity index (χ1v) is 13.6. The van der Waals surface area contributed by atoms with E-state index in [1.165, 1.54) is 0 Å². The number of nitrogens with zero attached hydrogens (tertiary/aromatic N) is 3. The van der Waals surface area contributed by atoms with Crippen LogP contribution in [0.15, 0.2) is 55.6 Å². The quantitative estimate of drug-likeness (QED) is 0.489. The predicted molar refractivity (Wildman–Crippen MR) is 144 cm³/mol. The number of anilines is 1. The van der Waals surface area contributed by atoms with E-state index < -0.39 is 28.7 Å². The number of para-hydroxylation sites is 1. The Morgan fingerprint density at radius 1 is 1.17 bits per heavy atom. The molecule has 3 amide bonds. The summed E-state index contributed by atoms with van der Waals surface area (Å²) in [5, 5.41) is 10.0. The highest BCUT2D eigenvalue weighted by molar-refractivity contribution is 8.02. The van der Waals surface area contributed by atoms with E-state index in [1.807, 2.05) is 44.2 Å². The number of aliphatic hydroxyl groups excluding tert-OH is 1. The molecule has 3 heterocycles. The molecule has 4 rings (SSSR count). The summed E-state index contributed by atoms with van der Waals surface area (Å²) < 4.78 is -0.687. The molecule has 194 valence electrons. The van der Waals surface area contributed by atoms with Gasteiger partial charge in [-0.1, -0.05) is 30.4 Å². The van der Waals surface area contributed by atoms with Gasteiger partial charge in [0.2, 0.25) is 17.7 Å². The maximum atomic E-state index is 14.1. The maximum absolute atomic E-state index is 14.1. The van der Waals surface area contributed by atoms with Crippen molar-refractivity contribution in [3.63, 3.8) is 0 Å². The third kappa shape index (κ3) is 4.08. The number of thioether (sulfide) groups is 1. The third-order valence-corrected chi connectivity index (χ3v) is 9.83. The first kappa shape index (κ1) is 26.5. The van der Waals surface area contributed by atoms with E-state index in [0.717, 1.165) is 12.1 Å². The molecule has 2 unspecified atom stereocenters. The first-order chi connectivity index (χ1) is 17.2. The number of hydrogen-bond acceptors (Lipinski definition) is 5. The van der Waals surface area contributed by atoms with Gasteiger partial charge >= 0.3 is 0 Å². The molecule has 7 nitrogen and oxygen atoms in total. The molecule has 1 aromatic carbocycles. The highest BCUT2D eigenvalue weighted by Gasteiger charge is 2.74. The average Bonchev–Trinajstić information content (AvgIpc) is 3.52. The lowest BCUT2D eigenvalue weighted by molar-refractivity contribution is -0.146. The number of aliphatic hydroxyl groups is 1. The first-order valence-electron chi connectivity index (χ1n) is 12.7. The number of hydrogen-bond donors (Lipinski definition) is 1. The minimum atomic E-state index is -0.725. The molecular weight excluding hydrogens is 474 g/mol. The van der Waals surface area contributed by atoms with Gasteiger partial charge in [-0.05, 0) is 45.7 Å². The van der Waals surface area contributed by atoms with Crippen molar-refractivity contribution in [3.8, 4) is 0 Å². The van der Waals surface area contributed by atoms with Crippen LogP contribution in [0.1, 0.15) is 33.6 Å². The van der Waals surface area contributed by atoms with Gasteiger partial charge in [-0.2, -0.15) is 0 Å². The summed E-state index contributed by atoms with van der Waals surface area (Å²) in [6.45, 7) is 13.8. The molecule has 0 saturated carbocycles. The van der Waals surface area contributed by atoms with Crippen LogP contribution in [0, 0.1) is 11.8 Å². The summed E-state index contributed by atoms with van der Waals surface area (Å²) in [7, 11) is 0. The molecule has 3 fully saturated rings. The van der Waals surface area contributed by atoms with E-state index in [0.29, 0.717) is 19.5 Å². The molecule has 2 bridgehead atoms.